The Kier molecular flexibility index (Phi) is 3.04. The Balaban J connectivity index is 2.56. The van der Waals surface area contributed by atoms with Crippen LogP contribution in [0, 0.1) is 5.82 Å². The SMILES string of the molecule is CC(C)c1nc(-c2cccc(F)c2)cc(=O)[nH]1. The van der Waals surface area contributed by atoms with Crippen molar-refractivity contribution in [3.8, 4) is 11.3 Å². The molecule has 0 atom stereocenters. The van der Waals surface area contributed by atoms with Crippen molar-refractivity contribution in [2.45, 2.75) is 19.8 Å². The van der Waals surface area contributed by atoms with Gasteiger partial charge in [-0.15, -0.1) is 0 Å². The van der Waals surface area contributed by atoms with Gasteiger partial charge in [-0.2, -0.15) is 0 Å². The number of benzene rings is 1. The molecule has 0 aliphatic rings. The number of aromatic nitrogens is 2. The molecule has 17 heavy (non-hydrogen) atoms. The second-order valence-corrected chi connectivity index (χ2v) is 4.18. The minimum atomic E-state index is -0.337. The summed E-state index contributed by atoms with van der Waals surface area (Å²) in [6.45, 7) is 3.88. The quantitative estimate of drug-likeness (QED) is 0.865. The molecule has 1 aromatic carbocycles. The molecule has 0 radical (unpaired) electrons. The average molecular weight is 232 g/mol. The molecule has 3 nitrogen and oxygen atoms in total. The molecule has 0 aliphatic carbocycles. The van der Waals surface area contributed by atoms with Gasteiger partial charge in [-0.05, 0) is 12.1 Å². The van der Waals surface area contributed by atoms with Crippen LogP contribution in [-0.2, 0) is 0 Å². The van der Waals surface area contributed by atoms with Gasteiger partial charge in [0.25, 0.3) is 5.56 Å². The maximum atomic E-state index is 13.1. The van der Waals surface area contributed by atoms with Crippen molar-refractivity contribution < 1.29 is 4.39 Å². The molecule has 0 aliphatic heterocycles. The van der Waals surface area contributed by atoms with Crippen LogP contribution >= 0.6 is 0 Å². The first-order valence-electron chi connectivity index (χ1n) is 5.43. The number of aromatic amines is 1. The summed E-state index contributed by atoms with van der Waals surface area (Å²) >= 11 is 0. The van der Waals surface area contributed by atoms with Crippen molar-refractivity contribution in [1.82, 2.24) is 9.97 Å². The van der Waals surface area contributed by atoms with Crippen LogP contribution in [0.2, 0.25) is 0 Å². The van der Waals surface area contributed by atoms with E-state index < -0.39 is 0 Å². The van der Waals surface area contributed by atoms with E-state index in [-0.39, 0.29) is 17.3 Å². The minimum absolute atomic E-state index is 0.121. The van der Waals surface area contributed by atoms with E-state index in [2.05, 4.69) is 9.97 Å². The van der Waals surface area contributed by atoms with Crippen LogP contribution in [-0.4, -0.2) is 9.97 Å². The highest BCUT2D eigenvalue weighted by Gasteiger charge is 2.07. The van der Waals surface area contributed by atoms with E-state index in [1.54, 1.807) is 12.1 Å². The Morgan fingerprint density at radius 3 is 2.71 bits per heavy atom. The molecule has 0 amide bonds. The smallest absolute Gasteiger partial charge is 0.251 e. The lowest BCUT2D eigenvalue weighted by Gasteiger charge is -2.06. The van der Waals surface area contributed by atoms with Crippen LogP contribution in [0.25, 0.3) is 11.3 Å². The molecule has 0 spiro atoms. The first-order valence-corrected chi connectivity index (χ1v) is 5.43. The maximum Gasteiger partial charge on any atom is 0.251 e. The Hall–Kier alpha value is -1.97. The lowest BCUT2D eigenvalue weighted by Crippen LogP contribution is -2.12. The Bertz CT molecular complexity index is 590. The topological polar surface area (TPSA) is 45.8 Å². The molecular weight excluding hydrogens is 219 g/mol. The highest BCUT2D eigenvalue weighted by Crippen LogP contribution is 2.18. The monoisotopic (exact) mass is 232 g/mol. The maximum absolute atomic E-state index is 13.1. The third-order valence-corrected chi connectivity index (χ3v) is 2.43. The number of hydrogen-bond donors (Lipinski definition) is 1. The summed E-state index contributed by atoms with van der Waals surface area (Å²) in [4.78, 5) is 18.5. The zero-order chi connectivity index (χ0) is 12.4. The summed E-state index contributed by atoms with van der Waals surface area (Å²) in [6, 6.07) is 7.43. The van der Waals surface area contributed by atoms with Gasteiger partial charge >= 0.3 is 0 Å². The van der Waals surface area contributed by atoms with E-state index in [9.17, 15) is 9.18 Å². The van der Waals surface area contributed by atoms with Crippen LogP contribution in [0.4, 0.5) is 4.39 Å². The van der Waals surface area contributed by atoms with Crippen LogP contribution in [0.1, 0.15) is 25.6 Å². The molecule has 0 unspecified atom stereocenters. The third-order valence-electron chi connectivity index (χ3n) is 2.43. The minimum Gasteiger partial charge on any atom is -0.310 e. The van der Waals surface area contributed by atoms with E-state index in [1.165, 1.54) is 18.2 Å². The number of H-pyrrole nitrogens is 1. The Labute approximate surface area is 98.3 Å². The number of hydrogen-bond acceptors (Lipinski definition) is 2. The lowest BCUT2D eigenvalue weighted by molar-refractivity contribution is 0.628. The van der Waals surface area contributed by atoms with Crippen molar-refractivity contribution in [2.24, 2.45) is 0 Å². The fourth-order valence-corrected chi connectivity index (χ4v) is 1.55. The Morgan fingerprint density at radius 1 is 1.29 bits per heavy atom. The third kappa shape index (κ3) is 2.58. The van der Waals surface area contributed by atoms with E-state index in [1.807, 2.05) is 13.8 Å². The predicted octanol–water partition coefficient (Wildman–Crippen LogP) is 2.70. The van der Waals surface area contributed by atoms with E-state index >= 15 is 0 Å². The van der Waals surface area contributed by atoms with Gasteiger partial charge in [0.1, 0.15) is 11.6 Å². The fraction of sp³-hybridized carbons (Fsp3) is 0.231. The molecule has 88 valence electrons. The molecule has 1 heterocycles. The first-order chi connectivity index (χ1) is 8.06. The fourth-order valence-electron chi connectivity index (χ4n) is 1.55. The summed E-state index contributed by atoms with van der Waals surface area (Å²) in [7, 11) is 0. The van der Waals surface area contributed by atoms with Gasteiger partial charge in [-0.25, -0.2) is 9.37 Å². The van der Waals surface area contributed by atoms with Crippen molar-refractivity contribution in [3.05, 3.63) is 52.3 Å². The molecule has 4 heteroatoms. The number of nitrogens with one attached hydrogen (secondary N) is 1. The summed E-state index contributed by atoms with van der Waals surface area (Å²) in [5.74, 6) is 0.392. The van der Waals surface area contributed by atoms with Crippen LogP contribution in [0.5, 0.6) is 0 Å². The summed E-state index contributed by atoms with van der Waals surface area (Å²) in [5.41, 5.74) is 0.887. The van der Waals surface area contributed by atoms with Crippen LogP contribution in [0.15, 0.2) is 35.1 Å². The molecule has 2 aromatic rings. The summed E-state index contributed by atoms with van der Waals surface area (Å²) in [5, 5.41) is 0. The summed E-state index contributed by atoms with van der Waals surface area (Å²) in [6.07, 6.45) is 0. The zero-order valence-corrected chi connectivity index (χ0v) is 9.70. The highest BCUT2D eigenvalue weighted by atomic mass is 19.1. The molecular formula is C13H13FN2O. The molecule has 0 saturated heterocycles. The summed E-state index contributed by atoms with van der Waals surface area (Å²) < 4.78 is 13.1. The molecule has 1 N–H and O–H groups in total. The lowest BCUT2D eigenvalue weighted by atomic mass is 10.1. The first kappa shape index (κ1) is 11.5. The van der Waals surface area contributed by atoms with Crippen molar-refractivity contribution in [3.63, 3.8) is 0 Å². The largest absolute Gasteiger partial charge is 0.310 e. The van der Waals surface area contributed by atoms with Crippen molar-refractivity contribution in [1.29, 1.82) is 0 Å². The van der Waals surface area contributed by atoms with E-state index in [4.69, 9.17) is 0 Å². The molecule has 1 aromatic heterocycles. The van der Waals surface area contributed by atoms with E-state index in [0.29, 0.717) is 17.1 Å². The van der Waals surface area contributed by atoms with Crippen molar-refractivity contribution in [2.75, 3.05) is 0 Å². The number of nitrogens with zero attached hydrogens (tertiary/aromatic N) is 1. The molecule has 2 rings (SSSR count). The number of halogens is 1. The van der Waals surface area contributed by atoms with Gasteiger partial charge in [0, 0.05) is 17.5 Å². The van der Waals surface area contributed by atoms with Gasteiger partial charge in [-0.1, -0.05) is 26.0 Å². The van der Waals surface area contributed by atoms with Crippen LogP contribution in [0.3, 0.4) is 0 Å². The van der Waals surface area contributed by atoms with Gasteiger partial charge in [0.15, 0.2) is 0 Å². The molecule has 0 saturated carbocycles. The second kappa shape index (κ2) is 4.49. The normalized spacial score (nSPS) is 10.8. The van der Waals surface area contributed by atoms with Gasteiger partial charge in [0.05, 0.1) is 5.69 Å². The zero-order valence-electron chi connectivity index (χ0n) is 9.70. The second-order valence-electron chi connectivity index (χ2n) is 4.18. The average Bonchev–Trinajstić information content (AvgIpc) is 2.28. The van der Waals surface area contributed by atoms with Gasteiger partial charge in [0.2, 0.25) is 0 Å². The van der Waals surface area contributed by atoms with Gasteiger partial charge in [-0.3, -0.25) is 4.79 Å². The van der Waals surface area contributed by atoms with Crippen LogP contribution < -0.4 is 5.56 Å². The predicted molar refractivity (Wildman–Crippen MR) is 64.3 cm³/mol. The van der Waals surface area contributed by atoms with Crippen molar-refractivity contribution >= 4 is 0 Å². The molecule has 0 bridgehead atoms. The highest BCUT2D eigenvalue weighted by molar-refractivity contribution is 5.58. The Morgan fingerprint density at radius 2 is 2.06 bits per heavy atom. The standard InChI is InChI=1S/C13H13FN2O/c1-8(2)13-15-11(7-12(17)16-13)9-4-3-5-10(14)6-9/h3-8H,1-2H3,(H,15,16,17). The van der Waals surface area contributed by atoms with Gasteiger partial charge < -0.3 is 4.98 Å². The van der Waals surface area contributed by atoms with E-state index in [0.717, 1.165) is 0 Å². The number of rotatable bonds is 2. The molecule has 0 fully saturated rings.